The van der Waals surface area contributed by atoms with Gasteiger partial charge in [-0.3, -0.25) is 9.58 Å². The number of ether oxygens (including phenoxy) is 1. The van der Waals surface area contributed by atoms with Crippen molar-refractivity contribution in [3.8, 4) is 0 Å². The van der Waals surface area contributed by atoms with Gasteiger partial charge in [0.05, 0.1) is 23.0 Å². The van der Waals surface area contributed by atoms with Crippen LogP contribution in [0.2, 0.25) is 5.02 Å². The Balaban J connectivity index is 2.78. The van der Waals surface area contributed by atoms with Crippen LogP contribution in [-0.4, -0.2) is 46.8 Å². The summed E-state index contributed by atoms with van der Waals surface area (Å²) < 4.78 is 7.11. The van der Waals surface area contributed by atoms with Crippen molar-refractivity contribution in [3.63, 3.8) is 0 Å². The first-order valence-corrected chi connectivity index (χ1v) is 7.63. The molecule has 1 rings (SSSR count). The summed E-state index contributed by atoms with van der Waals surface area (Å²) in [6.45, 7) is 8.26. The summed E-state index contributed by atoms with van der Waals surface area (Å²) in [4.78, 5) is 2.31. The predicted octanol–water partition coefficient (Wildman–Crippen LogP) is 2.71. The predicted molar refractivity (Wildman–Crippen MR) is 78.6 cm³/mol. The molecule has 0 saturated carbocycles. The maximum absolute atomic E-state index is 6.32. The van der Waals surface area contributed by atoms with Crippen molar-refractivity contribution in [2.45, 2.75) is 26.9 Å². The van der Waals surface area contributed by atoms with Crippen LogP contribution in [0, 0.1) is 6.92 Å². The maximum atomic E-state index is 6.32. The highest BCUT2D eigenvalue weighted by Crippen LogP contribution is 2.21. The molecule has 18 heavy (non-hydrogen) atoms. The topological polar surface area (TPSA) is 30.3 Å². The second-order valence-electron chi connectivity index (χ2n) is 4.12. The zero-order valence-electron chi connectivity index (χ0n) is 11.2. The fraction of sp³-hybridized carbons (Fsp3) is 0.750. The third-order valence-corrected chi connectivity index (χ3v) is 3.68. The van der Waals surface area contributed by atoms with Gasteiger partial charge in [0.15, 0.2) is 0 Å². The Labute approximate surface area is 122 Å². The number of aryl methyl sites for hydroxylation is 2. The average Bonchev–Trinajstić information content (AvgIpc) is 2.63. The summed E-state index contributed by atoms with van der Waals surface area (Å²) in [5, 5.41) is 6.16. The minimum Gasteiger partial charge on any atom is -0.383 e. The van der Waals surface area contributed by atoms with Gasteiger partial charge in [-0.05, 0) is 13.8 Å². The summed E-state index contributed by atoms with van der Waals surface area (Å²) in [5.41, 5.74) is 1.99. The molecule has 0 bridgehead atoms. The minimum absolute atomic E-state index is 0.726. The van der Waals surface area contributed by atoms with Gasteiger partial charge in [0.1, 0.15) is 0 Å². The molecule has 1 aromatic rings. The van der Waals surface area contributed by atoms with Crippen LogP contribution in [0.1, 0.15) is 18.3 Å². The lowest BCUT2D eigenvalue weighted by molar-refractivity contribution is 0.146. The molecule has 0 atom stereocenters. The zero-order valence-corrected chi connectivity index (χ0v) is 13.6. The van der Waals surface area contributed by atoms with E-state index in [1.807, 2.05) is 11.6 Å². The number of hydrogen-bond acceptors (Lipinski definition) is 3. The van der Waals surface area contributed by atoms with Crippen molar-refractivity contribution < 1.29 is 4.74 Å². The second-order valence-corrected chi connectivity index (χ2v) is 5.29. The first kappa shape index (κ1) is 16.0. The molecule has 0 radical (unpaired) electrons. The molecule has 0 amide bonds. The van der Waals surface area contributed by atoms with E-state index in [0.29, 0.717) is 0 Å². The molecule has 0 unspecified atom stereocenters. The Kier molecular flexibility index (Phi) is 7.22. The minimum atomic E-state index is 0.726. The molecule has 1 aromatic heterocycles. The van der Waals surface area contributed by atoms with Gasteiger partial charge in [0.2, 0.25) is 0 Å². The van der Waals surface area contributed by atoms with E-state index in [1.165, 1.54) is 0 Å². The van der Waals surface area contributed by atoms with E-state index in [1.54, 1.807) is 7.11 Å². The molecule has 104 valence electrons. The van der Waals surface area contributed by atoms with Crippen molar-refractivity contribution >= 4 is 27.5 Å². The van der Waals surface area contributed by atoms with Crippen molar-refractivity contribution in [2.24, 2.45) is 0 Å². The van der Waals surface area contributed by atoms with E-state index in [2.05, 4.69) is 32.9 Å². The molecule has 0 N–H and O–H groups in total. The molecule has 0 saturated heterocycles. The van der Waals surface area contributed by atoms with Crippen LogP contribution in [0.5, 0.6) is 0 Å². The lowest BCUT2D eigenvalue weighted by Crippen LogP contribution is -2.30. The number of hydrogen-bond donors (Lipinski definition) is 0. The Morgan fingerprint density at radius 1 is 1.44 bits per heavy atom. The van der Waals surface area contributed by atoms with Gasteiger partial charge in [-0.1, -0.05) is 27.5 Å². The molecule has 0 fully saturated rings. The zero-order chi connectivity index (χ0) is 13.5. The van der Waals surface area contributed by atoms with Crippen molar-refractivity contribution in [1.29, 1.82) is 0 Å². The van der Waals surface area contributed by atoms with E-state index in [0.717, 1.165) is 54.5 Å². The first-order chi connectivity index (χ1) is 8.63. The van der Waals surface area contributed by atoms with Crippen molar-refractivity contribution in [3.05, 3.63) is 16.4 Å². The first-order valence-electron chi connectivity index (χ1n) is 6.13. The normalized spacial score (nSPS) is 11.4. The number of nitrogens with zero attached hydrogens (tertiary/aromatic N) is 3. The third kappa shape index (κ3) is 4.23. The van der Waals surface area contributed by atoms with E-state index in [4.69, 9.17) is 16.3 Å². The second kappa shape index (κ2) is 8.15. The molecule has 0 aromatic carbocycles. The monoisotopic (exact) mass is 337 g/mol. The highest BCUT2D eigenvalue weighted by atomic mass is 79.9. The average molecular weight is 339 g/mol. The Hall–Kier alpha value is -0.100. The summed E-state index contributed by atoms with van der Waals surface area (Å²) in [6.07, 6.45) is 0. The quantitative estimate of drug-likeness (QED) is 0.683. The van der Waals surface area contributed by atoms with Gasteiger partial charge in [-0.25, -0.2) is 0 Å². The van der Waals surface area contributed by atoms with E-state index in [9.17, 15) is 0 Å². The van der Waals surface area contributed by atoms with Crippen LogP contribution < -0.4 is 0 Å². The van der Waals surface area contributed by atoms with Crippen LogP contribution in [0.15, 0.2) is 0 Å². The van der Waals surface area contributed by atoms with Crippen molar-refractivity contribution in [1.82, 2.24) is 14.7 Å². The number of aromatic nitrogens is 2. The van der Waals surface area contributed by atoms with Gasteiger partial charge in [-0.15, -0.1) is 0 Å². The lowest BCUT2D eigenvalue weighted by atomic mass is 10.3. The largest absolute Gasteiger partial charge is 0.383 e. The standard InChI is InChI=1S/C12H21BrClN3O/c1-4-17-11(12(14)10(2)15-17)9-16(6-5-13)7-8-18-3/h4-9H2,1-3H3. The van der Waals surface area contributed by atoms with Gasteiger partial charge in [0, 0.05) is 38.6 Å². The SMILES string of the molecule is CCn1nc(C)c(Cl)c1CN(CCBr)CCOC. The Morgan fingerprint density at radius 3 is 2.72 bits per heavy atom. The number of alkyl halides is 1. The fourth-order valence-corrected chi connectivity index (χ4v) is 2.54. The third-order valence-electron chi connectivity index (χ3n) is 2.84. The number of halogens is 2. The van der Waals surface area contributed by atoms with Gasteiger partial charge >= 0.3 is 0 Å². The van der Waals surface area contributed by atoms with Gasteiger partial charge < -0.3 is 4.74 Å². The smallest absolute Gasteiger partial charge is 0.0860 e. The molecule has 0 aliphatic heterocycles. The van der Waals surface area contributed by atoms with Gasteiger partial charge in [-0.2, -0.15) is 5.10 Å². The van der Waals surface area contributed by atoms with Crippen molar-refractivity contribution in [2.75, 3.05) is 32.1 Å². The number of rotatable bonds is 8. The molecule has 0 aliphatic carbocycles. The van der Waals surface area contributed by atoms with Crippen LogP contribution in [0.4, 0.5) is 0 Å². The molecule has 1 heterocycles. The van der Waals surface area contributed by atoms with Crippen LogP contribution in [0.25, 0.3) is 0 Å². The Morgan fingerprint density at radius 2 is 2.17 bits per heavy atom. The lowest BCUT2D eigenvalue weighted by Gasteiger charge is -2.21. The van der Waals surface area contributed by atoms with E-state index in [-0.39, 0.29) is 0 Å². The van der Waals surface area contributed by atoms with E-state index < -0.39 is 0 Å². The van der Waals surface area contributed by atoms with E-state index >= 15 is 0 Å². The molecular weight excluding hydrogens is 318 g/mol. The highest BCUT2D eigenvalue weighted by Gasteiger charge is 2.15. The summed E-state index contributed by atoms with van der Waals surface area (Å²) in [7, 11) is 1.72. The Bertz CT molecular complexity index is 370. The fourth-order valence-electron chi connectivity index (χ4n) is 1.84. The number of methoxy groups -OCH3 is 1. The molecular formula is C12H21BrClN3O. The molecule has 4 nitrogen and oxygen atoms in total. The molecule has 0 aliphatic rings. The summed E-state index contributed by atoms with van der Waals surface area (Å²) in [5.74, 6) is 0. The van der Waals surface area contributed by atoms with Crippen LogP contribution >= 0.6 is 27.5 Å². The van der Waals surface area contributed by atoms with Crippen LogP contribution in [0.3, 0.4) is 0 Å². The van der Waals surface area contributed by atoms with Crippen LogP contribution in [-0.2, 0) is 17.8 Å². The summed E-state index contributed by atoms with van der Waals surface area (Å²) in [6, 6.07) is 0. The maximum Gasteiger partial charge on any atom is 0.0860 e. The van der Waals surface area contributed by atoms with Gasteiger partial charge in [0.25, 0.3) is 0 Å². The molecule has 0 spiro atoms. The molecule has 6 heteroatoms. The highest BCUT2D eigenvalue weighted by molar-refractivity contribution is 9.09. The summed E-state index contributed by atoms with van der Waals surface area (Å²) >= 11 is 9.79.